The van der Waals surface area contributed by atoms with Crippen LogP contribution in [-0.4, -0.2) is 24.9 Å². The Balaban J connectivity index is 2.72. The summed E-state index contributed by atoms with van der Waals surface area (Å²) in [6, 6.07) is 3.57. The van der Waals surface area contributed by atoms with Crippen LogP contribution in [-0.2, 0) is 0 Å². The first-order chi connectivity index (χ1) is 7.15. The van der Waals surface area contributed by atoms with Crippen LogP contribution in [0.4, 0.5) is 5.82 Å². The van der Waals surface area contributed by atoms with Crippen molar-refractivity contribution in [1.82, 2.24) is 4.98 Å². The summed E-state index contributed by atoms with van der Waals surface area (Å²) in [5.41, 5.74) is 0.656. The van der Waals surface area contributed by atoms with Crippen molar-refractivity contribution in [1.29, 1.82) is 0 Å². The molecule has 82 valence electrons. The molecule has 1 rings (SSSR count). The van der Waals surface area contributed by atoms with Gasteiger partial charge in [-0.25, -0.2) is 4.98 Å². The fourth-order valence-corrected chi connectivity index (χ4v) is 1.38. The van der Waals surface area contributed by atoms with Crippen molar-refractivity contribution >= 4 is 12.1 Å². The molecule has 0 aliphatic rings. The summed E-state index contributed by atoms with van der Waals surface area (Å²) in [7, 11) is 1.97. The predicted octanol–water partition coefficient (Wildman–Crippen LogP) is 2.38. The van der Waals surface area contributed by atoms with Crippen LogP contribution in [0, 0.1) is 5.92 Å². The fourth-order valence-electron chi connectivity index (χ4n) is 1.38. The molecule has 0 unspecified atom stereocenters. The molecule has 0 amide bonds. The molecule has 0 radical (unpaired) electrons. The number of hydrogen-bond acceptors (Lipinski definition) is 3. The molecule has 0 aliphatic heterocycles. The topological polar surface area (TPSA) is 33.2 Å². The number of carbonyl (C=O) groups is 1. The van der Waals surface area contributed by atoms with E-state index in [0.717, 1.165) is 25.1 Å². The second-order valence-corrected chi connectivity index (χ2v) is 4.14. The number of anilines is 1. The first kappa shape index (κ1) is 11.7. The number of aldehydes is 1. The number of aromatic nitrogens is 1. The molecular formula is C12H18N2O. The van der Waals surface area contributed by atoms with E-state index in [0.29, 0.717) is 11.5 Å². The first-order valence-electron chi connectivity index (χ1n) is 5.26. The normalized spacial score (nSPS) is 10.4. The van der Waals surface area contributed by atoms with Crippen molar-refractivity contribution in [3.8, 4) is 0 Å². The van der Waals surface area contributed by atoms with Crippen LogP contribution < -0.4 is 4.90 Å². The molecule has 1 aromatic heterocycles. The summed E-state index contributed by atoms with van der Waals surface area (Å²) < 4.78 is 0. The summed E-state index contributed by atoms with van der Waals surface area (Å²) in [5, 5.41) is 0. The maximum atomic E-state index is 10.8. The van der Waals surface area contributed by atoms with Crippen molar-refractivity contribution in [2.24, 2.45) is 5.92 Å². The SMILES string of the molecule is CC(C)CCN(C)c1ncccc1C=O. The zero-order valence-electron chi connectivity index (χ0n) is 9.60. The molecule has 0 fully saturated rings. The summed E-state index contributed by atoms with van der Waals surface area (Å²) in [4.78, 5) is 17.1. The third-order valence-corrected chi connectivity index (χ3v) is 2.35. The van der Waals surface area contributed by atoms with Gasteiger partial charge in [0, 0.05) is 19.8 Å². The molecular weight excluding hydrogens is 188 g/mol. The summed E-state index contributed by atoms with van der Waals surface area (Å²) in [6.45, 7) is 5.30. The zero-order chi connectivity index (χ0) is 11.3. The van der Waals surface area contributed by atoms with Gasteiger partial charge in [-0.05, 0) is 24.5 Å². The molecule has 0 saturated heterocycles. The molecule has 0 atom stereocenters. The van der Waals surface area contributed by atoms with E-state index in [9.17, 15) is 4.79 Å². The zero-order valence-corrected chi connectivity index (χ0v) is 9.60. The van der Waals surface area contributed by atoms with Crippen LogP contribution in [0.2, 0.25) is 0 Å². The Hall–Kier alpha value is -1.38. The lowest BCUT2D eigenvalue weighted by Crippen LogP contribution is -2.22. The molecule has 0 N–H and O–H groups in total. The van der Waals surface area contributed by atoms with Gasteiger partial charge in [-0.15, -0.1) is 0 Å². The maximum absolute atomic E-state index is 10.8. The number of carbonyl (C=O) groups excluding carboxylic acids is 1. The minimum Gasteiger partial charge on any atom is -0.359 e. The number of pyridine rings is 1. The van der Waals surface area contributed by atoms with Gasteiger partial charge in [0.1, 0.15) is 5.82 Å². The second kappa shape index (κ2) is 5.49. The van der Waals surface area contributed by atoms with Crippen molar-refractivity contribution < 1.29 is 4.79 Å². The molecule has 0 aromatic carbocycles. The van der Waals surface area contributed by atoms with Gasteiger partial charge in [0.25, 0.3) is 0 Å². The minimum atomic E-state index is 0.656. The standard InChI is InChI=1S/C12H18N2O/c1-10(2)6-8-14(3)12-11(9-15)5-4-7-13-12/h4-5,7,9-10H,6,8H2,1-3H3. The first-order valence-corrected chi connectivity index (χ1v) is 5.26. The van der Waals surface area contributed by atoms with Gasteiger partial charge < -0.3 is 4.90 Å². The highest BCUT2D eigenvalue weighted by molar-refractivity contribution is 5.82. The number of rotatable bonds is 5. The lowest BCUT2D eigenvalue weighted by molar-refractivity contribution is 0.112. The fraction of sp³-hybridized carbons (Fsp3) is 0.500. The summed E-state index contributed by atoms with van der Waals surface area (Å²) in [5.74, 6) is 1.43. The Morgan fingerprint density at radius 1 is 1.53 bits per heavy atom. The smallest absolute Gasteiger partial charge is 0.153 e. The molecule has 0 bridgehead atoms. The highest BCUT2D eigenvalue weighted by Crippen LogP contribution is 2.14. The van der Waals surface area contributed by atoms with E-state index in [2.05, 4.69) is 18.8 Å². The van der Waals surface area contributed by atoms with Crippen LogP contribution >= 0.6 is 0 Å². The van der Waals surface area contributed by atoms with E-state index in [1.807, 2.05) is 11.9 Å². The van der Waals surface area contributed by atoms with E-state index in [1.165, 1.54) is 0 Å². The third-order valence-electron chi connectivity index (χ3n) is 2.35. The molecule has 15 heavy (non-hydrogen) atoms. The lowest BCUT2D eigenvalue weighted by Gasteiger charge is -2.20. The quantitative estimate of drug-likeness (QED) is 0.693. The van der Waals surface area contributed by atoms with Gasteiger partial charge in [0.2, 0.25) is 0 Å². The Kier molecular flexibility index (Phi) is 4.28. The molecule has 0 aliphatic carbocycles. The van der Waals surface area contributed by atoms with Crippen LogP contribution in [0.15, 0.2) is 18.3 Å². The van der Waals surface area contributed by atoms with Gasteiger partial charge in [-0.2, -0.15) is 0 Å². The highest BCUT2D eigenvalue weighted by atomic mass is 16.1. The molecule has 0 saturated carbocycles. The van der Waals surface area contributed by atoms with Gasteiger partial charge in [0.05, 0.1) is 5.56 Å². The van der Waals surface area contributed by atoms with Crippen LogP contribution in [0.1, 0.15) is 30.6 Å². The van der Waals surface area contributed by atoms with Crippen molar-refractivity contribution in [3.63, 3.8) is 0 Å². The monoisotopic (exact) mass is 206 g/mol. The average Bonchev–Trinajstić information content (AvgIpc) is 2.25. The van der Waals surface area contributed by atoms with Gasteiger partial charge in [0.15, 0.2) is 6.29 Å². The Bertz CT molecular complexity index is 323. The second-order valence-electron chi connectivity index (χ2n) is 4.14. The van der Waals surface area contributed by atoms with Crippen LogP contribution in [0.5, 0.6) is 0 Å². The summed E-state index contributed by atoms with van der Waals surface area (Å²) >= 11 is 0. The third kappa shape index (κ3) is 3.35. The molecule has 0 spiro atoms. The molecule has 3 nitrogen and oxygen atoms in total. The van der Waals surface area contributed by atoms with Gasteiger partial charge in [-0.1, -0.05) is 13.8 Å². The Labute approximate surface area is 91.1 Å². The van der Waals surface area contributed by atoms with E-state index in [-0.39, 0.29) is 0 Å². The average molecular weight is 206 g/mol. The lowest BCUT2D eigenvalue weighted by atomic mass is 10.1. The Morgan fingerprint density at radius 3 is 2.87 bits per heavy atom. The molecule has 1 heterocycles. The predicted molar refractivity (Wildman–Crippen MR) is 62.3 cm³/mol. The van der Waals surface area contributed by atoms with E-state index in [1.54, 1.807) is 18.3 Å². The maximum Gasteiger partial charge on any atom is 0.153 e. The van der Waals surface area contributed by atoms with Crippen molar-refractivity contribution in [3.05, 3.63) is 23.9 Å². The molecule has 3 heteroatoms. The van der Waals surface area contributed by atoms with Crippen LogP contribution in [0.3, 0.4) is 0 Å². The summed E-state index contributed by atoms with van der Waals surface area (Å²) in [6.07, 6.45) is 3.67. The number of hydrogen-bond donors (Lipinski definition) is 0. The number of nitrogens with zero attached hydrogens (tertiary/aromatic N) is 2. The molecule has 1 aromatic rings. The van der Waals surface area contributed by atoms with E-state index >= 15 is 0 Å². The highest BCUT2D eigenvalue weighted by Gasteiger charge is 2.07. The van der Waals surface area contributed by atoms with Gasteiger partial charge in [-0.3, -0.25) is 4.79 Å². The van der Waals surface area contributed by atoms with Crippen molar-refractivity contribution in [2.45, 2.75) is 20.3 Å². The van der Waals surface area contributed by atoms with Gasteiger partial charge >= 0.3 is 0 Å². The van der Waals surface area contributed by atoms with E-state index in [4.69, 9.17) is 0 Å². The minimum absolute atomic E-state index is 0.656. The van der Waals surface area contributed by atoms with E-state index < -0.39 is 0 Å². The van der Waals surface area contributed by atoms with Crippen molar-refractivity contribution in [2.75, 3.05) is 18.5 Å². The Morgan fingerprint density at radius 2 is 2.27 bits per heavy atom. The largest absolute Gasteiger partial charge is 0.359 e. The van der Waals surface area contributed by atoms with Crippen LogP contribution in [0.25, 0.3) is 0 Å².